The Labute approximate surface area is 140 Å². The van der Waals surface area contributed by atoms with Crippen molar-refractivity contribution < 1.29 is 9.50 Å². The van der Waals surface area contributed by atoms with E-state index in [1.807, 2.05) is 17.8 Å². The van der Waals surface area contributed by atoms with Gasteiger partial charge in [-0.05, 0) is 12.1 Å². The second-order valence-corrected chi connectivity index (χ2v) is 7.31. The van der Waals surface area contributed by atoms with Crippen LogP contribution in [0.4, 0.5) is 4.39 Å². The minimum atomic E-state index is -0.762. The Kier molecular flexibility index (Phi) is 4.21. The molecule has 1 aromatic carbocycles. The molecule has 2 aromatic rings. The highest BCUT2D eigenvalue weighted by molar-refractivity contribution is 6.31. The van der Waals surface area contributed by atoms with Gasteiger partial charge in [-0.1, -0.05) is 31.5 Å². The van der Waals surface area contributed by atoms with Crippen LogP contribution in [-0.2, 0) is 7.05 Å². The fourth-order valence-electron chi connectivity index (χ4n) is 3.50. The molecule has 4 nitrogen and oxygen atoms in total. The van der Waals surface area contributed by atoms with Crippen molar-refractivity contribution >= 4 is 11.6 Å². The first-order valence-corrected chi connectivity index (χ1v) is 8.01. The van der Waals surface area contributed by atoms with E-state index in [0.29, 0.717) is 12.1 Å². The van der Waals surface area contributed by atoms with Gasteiger partial charge in [0.2, 0.25) is 0 Å². The molecule has 3 rings (SSSR count). The molecule has 0 amide bonds. The van der Waals surface area contributed by atoms with E-state index < -0.39 is 11.9 Å². The first-order chi connectivity index (χ1) is 10.8. The molecule has 1 fully saturated rings. The van der Waals surface area contributed by atoms with Gasteiger partial charge in [-0.3, -0.25) is 4.90 Å². The molecule has 124 valence electrons. The zero-order chi connectivity index (χ0) is 16.8. The van der Waals surface area contributed by atoms with E-state index in [-0.39, 0.29) is 16.5 Å². The van der Waals surface area contributed by atoms with E-state index in [1.54, 1.807) is 12.3 Å². The Bertz CT molecular complexity index is 716. The number of hydrogen-bond acceptors (Lipinski definition) is 3. The molecular weight excluding hydrogens is 317 g/mol. The van der Waals surface area contributed by atoms with Crippen LogP contribution in [0.1, 0.15) is 37.4 Å². The third kappa shape index (κ3) is 3.01. The molecule has 0 radical (unpaired) electrons. The molecule has 2 atom stereocenters. The van der Waals surface area contributed by atoms with Gasteiger partial charge in [0.1, 0.15) is 11.6 Å². The number of aliphatic hydroxyl groups excluding tert-OH is 1. The molecule has 0 aliphatic carbocycles. The van der Waals surface area contributed by atoms with E-state index in [2.05, 4.69) is 23.7 Å². The minimum Gasteiger partial charge on any atom is -0.387 e. The van der Waals surface area contributed by atoms with Crippen molar-refractivity contribution in [3.8, 4) is 0 Å². The molecule has 1 aliphatic rings. The summed E-state index contributed by atoms with van der Waals surface area (Å²) in [4.78, 5) is 6.64. The van der Waals surface area contributed by atoms with Gasteiger partial charge in [0.25, 0.3) is 0 Å². The average molecular weight is 338 g/mol. The number of halogens is 2. The van der Waals surface area contributed by atoms with Crippen molar-refractivity contribution in [1.82, 2.24) is 14.5 Å². The molecule has 1 aromatic heterocycles. The fraction of sp³-hybridized carbons (Fsp3) is 0.471. The summed E-state index contributed by atoms with van der Waals surface area (Å²) in [6.45, 7) is 5.69. The molecule has 2 heterocycles. The summed E-state index contributed by atoms with van der Waals surface area (Å²) >= 11 is 6.05. The number of aromatic nitrogens is 2. The van der Waals surface area contributed by atoms with E-state index in [4.69, 9.17) is 11.6 Å². The monoisotopic (exact) mass is 337 g/mol. The van der Waals surface area contributed by atoms with Crippen LogP contribution in [0.2, 0.25) is 5.02 Å². The van der Waals surface area contributed by atoms with E-state index >= 15 is 0 Å². The number of aryl methyl sites for hydroxylation is 1. The average Bonchev–Trinajstić information content (AvgIpc) is 2.83. The van der Waals surface area contributed by atoms with Crippen LogP contribution in [-0.4, -0.2) is 32.6 Å². The van der Waals surface area contributed by atoms with Crippen molar-refractivity contribution in [3.63, 3.8) is 0 Å². The number of nitrogens with zero attached hydrogens (tertiary/aromatic N) is 3. The topological polar surface area (TPSA) is 41.3 Å². The second-order valence-electron chi connectivity index (χ2n) is 6.90. The van der Waals surface area contributed by atoms with E-state index in [1.165, 1.54) is 12.1 Å². The van der Waals surface area contributed by atoms with Crippen molar-refractivity contribution in [1.29, 1.82) is 0 Å². The summed E-state index contributed by atoms with van der Waals surface area (Å²) in [6.07, 6.45) is 2.95. The van der Waals surface area contributed by atoms with Crippen molar-refractivity contribution in [2.24, 2.45) is 12.5 Å². The van der Waals surface area contributed by atoms with Crippen LogP contribution in [0, 0.1) is 11.2 Å². The maximum Gasteiger partial charge on any atom is 0.126 e. The molecular formula is C17H21ClFN3O. The van der Waals surface area contributed by atoms with Gasteiger partial charge in [-0.2, -0.15) is 0 Å². The number of likely N-dealkylation sites (tertiary alicyclic amines) is 1. The lowest BCUT2D eigenvalue weighted by Gasteiger charge is -2.54. The maximum absolute atomic E-state index is 13.2. The molecule has 0 spiro atoms. The smallest absolute Gasteiger partial charge is 0.126 e. The van der Waals surface area contributed by atoms with Gasteiger partial charge in [-0.25, -0.2) is 9.37 Å². The minimum absolute atomic E-state index is 0.0887. The summed E-state index contributed by atoms with van der Waals surface area (Å²) in [5, 5.41) is 10.8. The lowest BCUT2D eigenvalue weighted by molar-refractivity contribution is -0.0798. The molecule has 23 heavy (non-hydrogen) atoms. The lowest BCUT2D eigenvalue weighted by Crippen LogP contribution is -2.57. The first kappa shape index (κ1) is 16.4. The van der Waals surface area contributed by atoms with Crippen molar-refractivity contribution in [3.05, 3.63) is 52.8 Å². The Morgan fingerprint density at radius 1 is 1.48 bits per heavy atom. The molecule has 2 unspecified atom stereocenters. The summed E-state index contributed by atoms with van der Waals surface area (Å²) in [7, 11) is 1.97. The highest BCUT2D eigenvalue weighted by Gasteiger charge is 2.48. The molecule has 6 heteroatoms. The Hall–Kier alpha value is -1.43. The lowest BCUT2D eigenvalue weighted by atomic mass is 9.74. The third-order valence-electron chi connectivity index (χ3n) is 4.55. The number of aliphatic hydroxyl groups is 1. The number of benzene rings is 1. The van der Waals surface area contributed by atoms with Gasteiger partial charge in [0.15, 0.2) is 0 Å². The molecule has 0 saturated carbocycles. The summed E-state index contributed by atoms with van der Waals surface area (Å²) in [6, 6.07) is 4.23. The highest BCUT2D eigenvalue weighted by Crippen LogP contribution is 2.48. The van der Waals surface area contributed by atoms with Crippen molar-refractivity contribution in [2.75, 3.05) is 13.1 Å². The van der Waals surface area contributed by atoms with Crippen LogP contribution in [0.15, 0.2) is 30.6 Å². The van der Waals surface area contributed by atoms with Crippen LogP contribution in [0.25, 0.3) is 0 Å². The number of hydrogen-bond donors (Lipinski definition) is 1. The van der Waals surface area contributed by atoms with Crippen LogP contribution in [0.3, 0.4) is 0 Å². The second kappa shape index (κ2) is 5.89. The number of rotatable bonds is 4. The number of imidazole rings is 1. The third-order valence-corrected chi connectivity index (χ3v) is 4.88. The largest absolute Gasteiger partial charge is 0.387 e. The van der Waals surface area contributed by atoms with E-state index in [9.17, 15) is 9.50 Å². The molecule has 1 N–H and O–H groups in total. The zero-order valence-electron chi connectivity index (χ0n) is 13.5. The maximum atomic E-state index is 13.2. The summed E-state index contributed by atoms with van der Waals surface area (Å²) in [5.74, 6) is 0.584. The predicted molar refractivity (Wildman–Crippen MR) is 87.7 cm³/mol. The number of β-amino-alcohol motifs (C(OH)–C–C–N with tert-alkyl or cyclic N) is 1. The van der Waals surface area contributed by atoms with Gasteiger partial charge >= 0.3 is 0 Å². The molecule has 0 bridgehead atoms. The first-order valence-electron chi connectivity index (χ1n) is 7.64. The standard InChI is InChI=1S/C17H21ClFN3O/c1-17(2)10-22(15(17)16-20-6-7-21(16)3)9-14(23)12-5-4-11(19)8-13(12)18/h4-8,14-15,23H,9-10H2,1-3H3. The van der Waals surface area contributed by atoms with Crippen molar-refractivity contribution in [2.45, 2.75) is 26.0 Å². The molecule has 1 saturated heterocycles. The van der Waals surface area contributed by atoms with Crippen LogP contribution >= 0.6 is 11.6 Å². The van der Waals surface area contributed by atoms with Gasteiger partial charge < -0.3 is 9.67 Å². The Balaban J connectivity index is 1.78. The SMILES string of the molecule is Cn1ccnc1C1N(CC(O)c2ccc(F)cc2Cl)CC1(C)C. The van der Waals surface area contributed by atoms with Gasteiger partial charge in [0.05, 0.1) is 12.1 Å². The van der Waals surface area contributed by atoms with Crippen LogP contribution < -0.4 is 0 Å². The predicted octanol–water partition coefficient (Wildman–Crippen LogP) is 3.33. The Morgan fingerprint density at radius 3 is 2.78 bits per heavy atom. The quantitative estimate of drug-likeness (QED) is 0.930. The molecule has 1 aliphatic heterocycles. The summed E-state index contributed by atoms with van der Waals surface area (Å²) in [5.41, 5.74) is 0.641. The summed E-state index contributed by atoms with van der Waals surface area (Å²) < 4.78 is 15.2. The highest BCUT2D eigenvalue weighted by atomic mass is 35.5. The van der Waals surface area contributed by atoms with E-state index in [0.717, 1.165) is 12.4 Å². The zero-order valence-corrected chi connectivity index (χ0v) is 14.3. The normalized spacial score (nSPS) is 21.9. The van der Waals surface area contributed by atoms with Gasteiger partial charge in [-0.15, -0.1) is 0 Å². The van der Waals surface area contributed by atoms with Crippen LogP contribution in [0.5, 0.6) is 0 Å². The fourth-order valence-corrected chi connectivity index (χ4v) is 3.79. The Morgan fingerprint density at radius 2 is 2.22 bits per heavy atom. The van der Waals surface area contributed by atoms with Gasteiger partial charge in [0, 0.05) is 48.5 Å².